The fraction of sp³-hybridized carbons (Fsp3) is 0.200. The van der Waals surface area contributed by atoms with Gasteiger partial charge in [0.1, 0.15) is 5.69 Å². The van der Waals surface area contributed by atoms with Crippen molar-refractivity contribution in [2.45, 2.75) is 18.4 Å². The summed E-state index contributed by atoms with van der Waals surface area (Å²) in [6.45, 7) is 0.405. The molecule has 2 bridgehead atoms. The number of carbonyl (C=O) groups is 2. The molecule has 0 saturated carbocycles. The standard InChI is InChI=1S/C20H17NO4/c1-25-20(24)17-10-14-4-2-3-5-16(14)21(17)11-15-12-6-8-13(9-7-12)18(15)19(22)23/h2-10,15,18H,11H2,1H3,(H,22,23). The number of fused-ring (bicyclic) bond motifs is 4. The van der Waals surface area contributed by atoms with Crippen molar-refractivity contribution in [3.8, 4) is 0 Å². The lowest BCUT2D eigenvalue weighted by atomic mass is 9.76. The van der Waals surface area contributed by atoms with Gasteiger partial charge in [-0.1, -0.05) is 42.5 Å². The second-order valence-electron chi connectivity index (χ2n) is 6.28. The van der Waals surface area contributed by atoms with Crippen LogP contribution in [0.2, 0.25) is 0 Å². The summed E-state index contributed by atoms with van der Waals surface area (Å²) in [4.78, 5) is 24.0. The molecule has 2 aliphatic carbocycles. The summed E-state index contributed by atoms with van der Waals surface area (Å²) in [5.74, 6) is -2.09. The Kier molecular flexibility index (Phi) is 3.57. The van der Waals surface area contributed by atoms with Crippen LogP contribution >= 0.6 is 0 Å². The van der Waals surface area contributed by atoms with Gasteiger partial charge in [0.15, 0.2) is 0 Å². The first-order valence-corrected chi connectivity index (χ1v) is 8.09. The monoisotopic (exact) mass is 335 g/mol. The van der Waals surface area contributed by atoms with Gasteiger partial charge in [-0.25, -0.2) is 4.79 Å². The smallest absolute Gasteiger partial charge is 0.354 e. The van der Waals surface area contributed by atoms with Crippen molar-refractivity contribution in [3.05, 3.63) is 71.4 Å². The van der Waals surface area contributed by atoms with Crippen molar-refractivity contribution >= 4 is 22.8 Å². The fourth-order valence-electron chi connectivity index (χ4n) is 3.78. The maximum absolute atomic E-state index is 12.2. The largest absolute Gasteiger partial charge is 0.481 e. The number of ether oxygens (including phenoxy) is 1. The van der Waals surface area contributed by atoms with Crippen LogP contribution in [0.4, 0.5) is 0 Å². The molecule has 2 aliphatic rings. The third kappa shape index (κ3) is 2.39. The van der Waals surface area contributed by atoms with Gasteiger partial charge in [-0.05, 0) is 23.3 Å². The molecule has 5 rings (SSSR count). The summed E-state index contributed by atoms with van der Waals surface area (Å²) < 4.78 is 6.79. The van der Waals surface area contributed by atoms with E-state index in [9.17, 15) is 14.7 Å². The molecule has 0 fully saturated rings. The molecular weight excluding hydrogens is 318 g/mol. The van der Waals surface area contributed by atoms with Gasteiger partial charge >= 0.3 is 11.9 Å². The Balaban J connectivity index is 1.83. The van der Waals surface area contributed by atoms with Crippen LogP contribution in [-0.4, -0.2) is 28.7 Å². The first kappa shape index (κ1) is 15.4. The molecule has 3 aromatic rings. The summed E-state index contributed by atoms with van der Waals surface area (Å²) in [7, 11) is 1.35. The number of hydrogen-bond acceptors (Lipinski definition) is 3. The van der Waals surface area contributed by atoms with E-state index in [2.05, 4.69) is 0 Å². The van der Waals surface area contributed by atoms with E-state index in [4.69, 9.17) is 4.74 Å². The molecular formula is C20H17NO4. The topological polar surface area (TPSA) is 68.5 Å². The first-order valence-electron chi connectivity index (χ1n) is 8.09. The number of carbonyl (C=O) groups excluding carboxylic acids is 1. The van der Waals surface area contributed by atoms with Gasteiger partial charge in [0.25, 0.3) is 0 Å². The zero-order valence-electron chi connectivity index (χ0n) is 13.7. The van der Waals surface area contributed by atoms with Crippen LogP contribution in [0.3, 0.4) is 0 Å². The summed E-state index contributed by atoms with van der Waals surface area (Å²) in [5, 5.41) is 10.6. The van der Waals surface area contributed by atoms with Crippen molar-refractivity contribution in [2.24, 2.45) is 0 Å². The van der Waals surface area contributed by atoms with Gasteiger partial charge in [0.2, 0.25) is 0 Å². The SMILES string of the molecule is COC(=O)c1cc2ccccc2n1CC1c2ccc(cc2)C1C(=O)O. The average molecular weight is 335 g/mol. The zero-order valence-corrected chi connectivity index (χ0v) is 13.7. The van der Waals surface area contributed by atoms with Crippen LogP contribution in [-0.2, 0) is 16.1 Å². The Bertz CT molecular complexity index is 971. The fourth-order valence-corrected chi connectivity index (χ4v) is 3.78. The minimum atomic E-state index is -0.845. The predicted octanol–water partition coefficient (Wildman–Crippen LogP) is 3.39. The molecule has 2 atom stereocenters. The highest BCUT2D eigenvalue weighted by atomic mass is 16.5. The average Bonchev–Trinajstić information content (AvgIpc) is 3.00. The van der Waals surface area contributed by atoms with Crippen molar-refractivity contribution < 1.29 is 19.4 Å². The van der Waals surface area contributed by atoms with Crippen molar-refractivity contribution in [1.82, 2.24) is 4.57 Å². The van der Waals surface area contributed by atoms with Crippen molar-refractivity contribution in [3.63, 3.8) is 0 Å². The summed E-state index contributed by atoms with van der Waals surface area (Å²) in [5.41, 5.74) is 3.10. The lowest BCUT2D eigenvalue weighted by Gasteiger charge is -2.30. The Hall–Kier alpha value is -3.08. The number of rotatable bonds is 4. The van der Waals surface area contributed by atoms with Gasteiger partial charge < -0.3 is 14.4 Å². The lowest BCUT2D eigenvalue weighted by Crippen LogP contribution is -2.28. The highest BCUT2D eigenvalue weighted by molar-refractivity contribution is 5.95. The predicted molar refractivity (Wildman–Crippen MR) is 92.8 cm³/mol. The number of carboxylic acids is 1. The molecule has 1 heterocycles. The quantitative estimate of drug-likeness (QED) is 0.742. The van der Waals surface area contributed by atoms with Crippen molar-refractivity contribution in [1.29, 1.82) is 0 Å². The van der Waals surface area contributed by atoms with Gasteiger partial charge in [-0.2, -0.15) is 0 Å². The lowest BCUT2D eigenvalue weighted by molar-refractivity contribution is -0.139. The first-order chi connectivity index (χ1) is 12.1. The molecule has 1 aromatic heterocycles. The van der Waals surface area contributed by atoms with Crippen LogP contribution in [0.15, 0.2) is 54.6 Å². The molecule has 5 heteroatoms. The molecule has 0 amide bonds. The highest BCUT2D eigenvalue weighted by Gasteiger charge is 2.35. The third-order valence-electron chi connectivity index (χ3n) is 4.98. The van der Waals surface area contributed by atoms with E-state index in [-0.39, 0.29) is 5.92 Å². The van der Waals surface area contributed by atoms with Gasteiger partial charge in [0, 0.05) is 23.4 Å². The van der Waals surface area contributed by atoms with Crippen LogP contribution in [0.25, 0.3) is 10.9 Å². The number of hydrogen-bond donors (Lipinski definition) is 1. The Labute approximate surface area is 144 Å². The van der Waals surface area contributed by atoms with E-state index in [0.717, 1.165) is 22.0 Å². The van der Waals surface area contributed by atoms with E-state index >= 15 is 0 Å². The number of aromatic nitrogens is 1. The molecule has 126 valence electrons. The van der Waals surface area contributed by atoms with E-state index in [1.165, 1.54) is 7.11 Å². The van der Waals surface area contributed by atoms with Gasteiger partial charge in [0.05, 0.1) is 13.0 Å². The third-order valence-corrected chi connectivity index (χ3v) is 4.98. The minimum Gasteiger partial charge on any atom is -0.481 e. The van der Waals surface area contributed by atoms with E-state index in [0.29, 0.717) is 12.2 Å². The highest BCUT2D eigenvalue weighted by Crippen LogP contribution is 2.41. The van der Waals surface area contributed by atoms with E-state index in [1.807, 2.05) is 53.1 Å². The second kappa shape index (κ2) is 5.77. The van der Waals surface area contributed by atoms with Crippen LogP contribution in [0.5, 0.6) is 0 Å². The van der Waals surface area contributed by atoms with Crippen molar-refractivity contribution in [2.75, 3.05) is 7.11 Å². The molecule has 25 heavy (non-hydrogen) atoms. The molecule has 2 unspecified atom stereocenters. The minimum absolute atomic E-state index is 0.221. The van der Waals surface area contributed by atoms with E-state index < -0.39 is 17.9 Å². The molecule has 0 spiro atoms. The summed E-state index contributed by atoms with van der Waals surface area (Å²) in [6.07, 6.45) is 0. The molecule has 0 saturated heterocycles. The van der Waals surface area contributed by atoms with Crippen LogP contribution in [0, 0.1) is 0 Å². The molecule has 0 radical (unpaired) electrons. The molecule has 2 aromatic carbocycles. The number of aliphatic carboxylic acids is 1. The second-order valence-corrected chi connectivity index (χ2v) is 6.28. The molecule has 1 N–H and O–H groups in total. The van der Waals surface area contributed by atoms with Gasteiger partial charge in [-0.15, -0.1) is 0 Å². The Morgan fingerprint density at radius 3 is 2.44 bits per heavy atom. The Morgan fingerprint density at radius 1 is 1.08 bits per heavy atom. The van der Waals surface area contributed by atoms with Gasteiger partial charge in [-0.3, -0.25) is 4.79 Å². The molecule has 0 aliphatic heterocycles. The maximum Gasteiger partial charge on any atom is 0.354 e. The Morgan fingerprint density at radius 2 is 1.76 bits per heavy atom. The number of benzene rings is 2. The maximum atomic E-state index is 12.2. The number of methoxy groups -OCH3 is 1. The number of carboxylic acid groups (broad SMARTS) is 1. The normalized spacial score (nSPS) is 18.4. The summed E-state index contributed by atoms with van der Waals surface area (Å²) >= 11 is 0. The van der Waals surface area contributed by atoms with Crippen LogP contribution in [0.1, 0.15) is 33.5 Å². The summed E-state index contributed by atoms with van der Waals surface area (Å²) in [6, 6.07) is 17.1. The number of para-hydroxylation sites is 1. The zero-order chi connectivity index (χ0) is 17.6. The van der Waals surface area contributed by atoms with E-state index in [1.54, 1.807) is 6.07 Å². The van der Waals surface area contributed by atoms with Crippen LogP contribution < -0.4 is 0 Å². The number of nitrogens with zero attached hydrogens (tertiary/aromatic N) is 1. The number of esters is 1. The molecule has 5 nitrogen and oxygen atoms in total.